The van der Waals surface area contributed by atoms with Crippen LogP contribution < -0.4 is 9.13 Å². The zero-order valence-electron chi connectivity index (χ0n) is 18.8. The summed E-state index contributed by atoms with van der Waals surface area (Å²) in [7, 11) is 2.13. The van der Waals surface area contributed by atoms with E-state index in [9.17, 15) is 0 Å². The molecule has 0 saturated carbocycles. The Balaban J connectivity index is 1.81. The summed E-state index contributed by atoms with van der Waals surface area (Å²) >= 11 is 0. The molecule has 0 saturated heterocycles. The van der Waals surface area contributed by atoms with E-state index in [0.717, 1.165) is 16.7 Å². The fourth-order valence-electron chi connectivity index (χ4n) is 4.91. The number of para-hydroxylation sites is 2. The van der Waals surface area contributed by atoms with Crippen LogP contribution in [0.5, 0.6) is 0 Å². The summed E-state index contributed by atoms with van der Waals surface area (Å²) in [4.78, 5) is 4.76. The quantitative estimate of drug-likeness (QED) is 0.361. The summed E-state index contributed by atoms with van der Waals surface area (Å²) in [6.07, 6.45) is 4.27. The van der Waals surface area contributed by atoms with Gasteiger partial charge in [0, 0.05) is 35.6 Å². The van der Waals surface area contributed by atoms with E-state index in [1.165, 1.54) is 44.4 Å². The maximum Gasteiger partial charge on any atom is 0.232 e. The van der Waals surface area contributed by atoms with Crippen molar-refractivity contribution in [2.75, 3.05) is 0 Å². The lowest BCUT2D eigenvalue weighted by molar-refractivity contribution is -0.634. The molecule has 3 heteroatoms. The summed E-state index contributed by atoms with van der Waals surface area (Å²) in [5.41, 5.74) is 10.8. The number of fused-ring (bicyclic) bond motifs is 2. The van der Waals surface area contributed by atoms with Crippen molar-refractivity contribution >= 4 is 21.8 Å². The minimum Gasteiger partial charge on any atom is -0.243 e. The van der Waals surface area contributed by atoms with E-state index < -0.39 is 0 Å². The van der Waals surface area contributed by atoms with Crippen LogP contribution in [0, 0.1) is 27.7 Å². The Morgan fingerprint density at radius 2 is 1.48 bits per heavy atom. The van der Waals surface area contributed by atoms with E-state index in [4.69, 9.17) is 4.98 Å². The molecule has 152 valence electrons. The molecule has 0 aliphatic carbocycles. The zero-order valence-corrected chi connectivity index (χ0v) is 18.8. The monoisotopic (exact) mass is 405 g/mol. The summed E-state index contributed by atoms with van der Waals surface area (Å²) in [5, 5.41) is 2.51. The molecule has 0 unspecified atom stereocenters. The molecule has 0 atom stereocenters. The SMILES string of the molecule is Cc1cc(C)c(-[n+]2cc3ccccc3cc2C)c(C)c1-c1cnc2ccccc2[n+]1C. The maximum absolute atomic E-state index is 4.76. The van der Waals surface area contributed by atoms with E-state index in [-0.39, 0.29) is 0 Å². The number of nitrogens with zero attached hydrogens (tertiary/aromatic N) is 3. The Morgan fingerprint density at radius 3 is 2.29 bits per heavy atom. The highest BCUT2D eigenvalue weighted by atomic mass is 15.0. The molecule has 31 heavy (non-hydrogen) atoms. The van der Waals surface area contributed by atoms with Gasteiger partial charge in [-0.1, -0.05) is 30.3 Å². The lowest BCUT2D eigenvalue weighted by Gasteiger charge is -2.14. The molecule has 2 aromatic heterocycles. The van der Waals surface area contributed by atoms with Crippen molar-refractivity contribution in [3.8, 4) is 16.9 Å². The van der Waals surface area contributed by atoms with Gasteiger partial charge in [0.2, 0.25) is 16.9 Å². The average Bonchev–Trinajstić information content (AvgIpc) is 2.75. The predicted octanol–water partition coefficient (Wildman–Crippen LogP) is 5.39. The van der Waals surface area contributed by atoms with Gasteiger partial charge in [-0.2, -0.15) is 9.13 Å². The second kappa shape index (κ2) is 7.28. The first-order valence-corrected chi connectivity index (χ1v) is 10.7. The van der Waals surface area contributed by atoms with E-state index in [1.54, 1.807) is 0 Å². The second-order valence-electron chi connectivity index (χ2n) is 8.46. The van der Waals surface area contributed by atoms with E-state index in [0.29, 0.717) is 0 Å². The third-order valence-corrected chi connectivity index (χ3v) is 6.37. The van der Waals surface area contributed by atoms with Crippen molar-refractivity contribution in [3.05, 3.63) is 95.4 Å². The Bertz CT molecular complexity index is 1450. The summed E-state index contributed by atoms with van der Waals surface area (Å²) in [6.45, 7) is 8.83. The van der Waals surface area contributed by atoms with Crippen LogP contribution >= 0.6 is 0 Å². The number of aryl methyl sites for hydroxylation is 4. The number of hydrogen-bond acceptors (Lipinski definition) is 1. The lowest BCUT2D eigenvalue weighted by atomic mass is 9.94. The van der Waals surface area contributed by atoms with Gasteiger partial charge in [-0.25, -0.2) is 4.98 Å². The standard InChI is InChI=1S/C28H27N3/c1-18-14-19(2)28(31-17-23-11-7-6-10-22(23)15-20(31)3)21(4)27(18)26-16-29-24-12-8-9-13-25(24)30(26)5/h6-17H,1-5H3/q+2. The van der Waals surface area contributed by atoms with Crippen molar-refractivity contribution < 1.29 is 9.13 Å². The van der Waals surface area contributed by atoms with Crippen molar-refractivity contribution in [2.45, 2.75) is 27.7 Å². The number of rotatable bonds is 2. The second-order valence-corrected chi connectivity index (χ2v) is 8.46. The predicted molar refractivity (Wildman–Crippen MR) is 126 cm³/mol. The molecule has 3 aromatic carbocycles. The van der Waals surface area contributed by atoms with Gasteiger partial charge in [-0.05, 0) is 49.9 Å². The molecule has 0 bridgehead atoms. The maximum atomic E-state index is 4.76. The normalized spacial score (nSPS) is 11.4. The Kier molecular flexibility index (Phi) is 4.55. The summed E-state index contributed by atoms with van der Waals surface area (Å²) in [5.74, 6) is 0. The smallest absolute Gasteiger partial charge is 0.232 e. The highest BCUT2D eigenvalue weighted by molar-refractivity contribution is 5.81. The minimum absolute atomic E-state index is 1.01. The van der Waals surface area contributed by atoms with Crippen molar-refractivity contribution in [3.63, 3.8) is 0 Å². The highest BCUT2D eigenvalue weighted by Gasteiger charge is 2.26. The summed E-state index contributed by atoms with van der Waals surface area (Å²) in [6, 6.07) is 21.4. The van der Waals surface area contributed by atoms with Crippen LogP contribution in [0.15, 0.2) is 73.1 Å². The molecule has 0 fully saturated rings. The average molecular weight is 406 g/mol. The van der Waals surface area contributed by atoms with Gasteiger partial charge in [0.1, 0.15) is 18.8 Å². The lowest BCUT2D eigenvalue weighted by Crippen LogP contribution is -2.37. The van der Waals surface area contributed by atoms with Crippen LogP contribution in [0.25, 0.3) is 38.8 Å². The fourth-order valence-corrected chi connectivity index (χ4v) is 4.91. The molecule has 5 aromatic rings. The largest absolute Gasteiger partial charge is 0.243 e. The molecule has 0 N–H and O–H groups in total. The molecule has 0 amide bonds. The molecule has 5 rings (SSSR count). The fraction of sp³-hybridized carbons (Fsp3) is 0.179. The minimum atomic E-state index is 1.01. The first-order valence-electron chi connectivity index (χ1n) is 10.7. The number of hydrogen-bond donors (Lipinski definition) is 0. The van der Waals surface area contributed by atoms with Crippen LogP contribution in [0.1, 0.15) is 22.4 Å². The van der Waals surface area contributed by atoms with Gasteiger partial charge >= 0.3 is 0 Å². The Morgan fingerprint density at radius 1 is 0.774 bits per heavy atom. The van der Waals surface area contributed by atoms with Crippen LogP contribution in [0.2, 0.25) is 0 Å². The molecular formula is C28H27N3+2. The molecular weight excluding hydrogens is 378 g/mol. The van der Waals surface area contributed by atoms with Crippen molar-refractivity contribution in [1.82, 2.24) is 4.98 Å². The van der Waals surface area contributed by atoms with E-state index in [2.05, 4.69) is 105 Å². The number of benzene rings is 3. The summed E-state index contributed by atoms with van der Waals surface area (Å²) < 4.78 is 4.60. The molecule has 0 aliphatic heterocycles. The number of aromatic nitrogens is 3. The van der Waals surface area contributed by atoms with Gasteiger partial charge in [-0.3, -0.25) is 0 Å². The van der Waals surface area contributed by atoms with Gasteiger partial charge in [0.05, 0.1) is 5.56 Å². The van der Waals surface area contributed by atoms with Crippen LogP contribution in [0.4, 0.5) is 0 Å². The molecule has 2 heterocycles. The first-order chi connectivity index (χ1) is 15.0. The van der Waals surface area contributed by atoms with Crippen molar-refractivity contribution in [2.24, 2.45) is 7.05 Å². The zero-order chi connectivity index (χ0) is 21.7. The topological polar surface area (TPSA) is 20.6 Å². The van der Waals surface area contributed by atoms with E-state index >= 15 is 0 Å². The van der Waals surface area contributed by atoms with Crippen LogP contribution in [-0.2, 0) is 7.05 Å². The molecule has 0 aliphatic rings. The third-order valence-electron chi connectivity index (χ3n) is 6.37. The first kappa shape index (κ1) is 19.4. The molecule has 0 radical (unpaired) electrons. The third kappa shape index (κ3) is 3.09. The Hall–Kier alpha value is -3.59. The van der Waals surface area contributed by atoms with Gasteiger partial charge in [-0.15, -0.1) is 0 Å². The highest BCUT2D eigenvalue weighted by Crippen LogP contribution is 2.31. The molecule has 3 nitrogen and oxygen atoms in total. The number of pyridine rings is 1. The molecule has 0 spiro atoms. The van der Waals surface area contributed by atoms with Crippen molar-refractivity contribution in [1.29, 1.82) is 0 Å². The Labute approximate surface area is 183 Å². The van der Waals surface area contributed by atoms with Crippen LogP contribution in [-0.4, -0.2) is 4.98 Å². The van der Waals surface area contributed by atoms with E-state index in [1.807, 2.05) is 12.3 Å². The van der Waals surface area contributed by atoms with Gasteiger partial charge in [0.15, 0.2) is 11.9 Å². The van der Waals surface area contributed by atoms with Gasteiger partial charge in [0.25, 0.3) is 0 Å². The van der Waals surface area contributed by atoms with Crippen LogP contribution in [0.3, 0.4) is 0 Å². The van der Waals surface area contributed by atoms with Gasteiger partial charge < -0.3 is 0 Å².